The molecule has 1 saturated carbocycles. The van der Waals surface area contributed by atoms with Crippen molar-refractivity contribution in [2.24, 2.45) is 5.92 Å². The van der Waals surface area contributed by atoms with E-state index >= 15 is 0 Å². The second-order valence-electron chi connectivity index (χ2n) is 8.94. The molecule has 1 aromatic rings. The standard InChI is InChI=1S/C23H31F2N2O5P/c1-15(2)32-21(28)11-4-3-7-16-13-23(16,27-22(29)20-10-6-12-26-20)33(30,31)14-17-18(24)8-5-9-19(17)25/h3,5,7-9,15-16,20,26H,4,6,10-14H2,1-2H3,(H,27,29)(H,30,31)/b7-3-/t16-,20+,23+/m1/s1. The van der Waals surface area contributed by atoms with Gasteiger partial charge in [0.1, 0.15) is 16.9 Å². The summed E-state index contributed by atoms with van der Waals surface area (Å²) in [6.45, 7) is 4.19. The molecule has 3 rings (SSSR count). The van der Waals surface area contributed by atoms with Gasteiger partial charge in [-0.1, -0.05) is 18.2 Å². The average Bonchev–Trinajstić information content (AvgIpc) is 3.17. The number of benzene rings is 1. The molecule has 1 saturated heterocycles. The van der Waals surface area contributed by atoms with Crippen LogP contribution < -0.4 is 10.6 Å². The maximum absolute atomic E-state index is 14.2. The van der Waals surface area contributed by atoms with Gasteiger partial charge in [-0.3, -0.25) is 14.2 Å². The van der Waals surface area contributed by atoms with E-state index in [1.165, 1.54) is 6.07 Å². The fourth-order valence-electron chi connectivity index (χ4n) is 4.17. The molecule has 1 aromatic carbocycles. The van der Waals surface area contributed by atoms with Crippen LogP contribution in [0.3, 0.4) is 0 Å². The molecule has 0 bridgehead atoms. The van der Waals surface area contributed by atoms with Crippen molar-refractivity contribution in [3.05, 3.63) is 47.5 Å². The number of amides is 1. The van der Waals surface area contributed by atoms with E-state index in [1.807, 2.05) is 0 Å². The van der Waals surface area contributed by atoms with Crippen LogP contribution in [0.1, 0.15) is 51.5 Å². The van der Waals surface area contributed by atoms with Crippen LogP contribution in [0, 0.1) is 17.6 Å². The zero-order valence-corrected chi connectivity index (χ0v) is 19.7. The third kappa shape index (κ3) is 6.08. The van der Waals surface area contributed by atoms with Crippen LogP contribution >= 0.6 is 7.37 Å². The molecule has 1 amide bonds. The summed E-state index contributed by atoms with van der Waals surface area (Å²) < 4.78 is 46.9. The van der Waals surface area contributed by atoms with Gasteiger partial charge in [0.05, 0.1) is 18.3 Å². The highest BCUT2D eigenvalue weighted by molar-refractivity contribution is 7.59. The minimum absolute atomic E-state index is 0.157. The highest BCUT2D eigenvalue weighted by Gasteiger charge is 2.65. The van der Waals surface area contributed by atoms with Gasteiger partial charge in [-0.15, -0.1) is 0 Å². The zero-order valence-electron chi connectivity index (χ0n) is 18.9. The van der Waals surface area contributed by atoms with Gasteiger partial charge in [-0.2, -0.15) is 0 Å². The number of halogens is 2. The molecule has 1 heterocycles. The number of rotatable bonds is 10. The van der Waals surface area contributed by atoms with Crippen LogP contribution in [-0.2, 0) is 25.1 Å². The summed E-state index contributed by atoms with van der Waals surface area (Å²) in [4.78, 5) is 35.4. The largest absolute Gasteiger partial charge is 0.463 e. The average molecular weight is 484 g/mol. The normalized spacial score (nSPS) is 26.4. The molecule has 4 atom stereocenters. The lowest BCUT2D eigenvalue weighted by Gasteiger charge is -2.27. The molecule has 0 aromatic heterocycles. The first-order chi connectivity index (χ1) is 15.6. The number of allylic oxidation sites excluding steroid dienone is 1. The predicted octanol–water partition coefficient (Wildman–Crippen LogP) is 3.61. The summed E-state index contributed by atoms with van der Waals surface area (Å²) >= 11 is 0. The molecule has 2 fully saturated rings. The van der Waals surface area contributed by atoms with E-state index in [2.05, 4.69) is 10.6 Å². The Balaban J connectivity index is 1.75. The Labute approximate surface area is 192 Å². The van der Waals surface area contributed by atoms with E-state index in [4.69, 9.17) is 4.74 Å². The quantitative estimate of drug-likeness (QED) is 0.266. The van der Waals surface area contributed by atoms with E-state index in [0.717, 1.165) is 18.6 Å². The SMILES string of the molecule is CC(C)OC(=O)CC/C=C\[C@@H]1C[C@]1(NC(=O)[C@@H]1CCCN1)P(=O)(O)Cc1c(F)cccc1F. The Morgan fingerprint density at radius 3 is 2.67 bits per heavy atom. The second-order valence-corrected chi connectivity index (χ2v) is 11.5. The van der Waals surface area contributed by atoms with Crippen LogP contribution in [-0.4, -0.2) is 40.7 Å². The highest BCUT2D eigenvalue weighted by Crippen LogP contribution is 2.71. The predicted molar refractivity (Wildman–Crippen MR) is 119 cm³/mol. The van der Waals surface area contributed by atoms with E-state index < -0.39 is 53.9 Å². The minimum atomic E-state index is -4.28. The van der Waals surface area contributed by atoms with Gasteiger partial charge in [0.15, 0.2) is 0 Å². The summed E-state index contributed by atoms with van der Waals surface area (Å²) in [5.74, 6) is -3.04. The lowest BCUT2D eigenvalue weighted by atomic mass is 10.2. The van der Waals surface area contributed by atoms with E-state index in [-0.39, 0.29) is 24.9 Å². The molecule has 2 aliphatic rings. The number of hydrogen-bond donors (Lipinski definition) is 3. The summed E-state index contributed by atoms with van der Waals surface area (Å²) in [6, 6.07) is 2.79. The molecule has 1 aliphatic carbocycles. The lowest BCUT2D eigenvalue weighted by Crippen LogP contribution is -2.47. The first-order valence-corrected chi connectivity index (χ1v) is 13.1. The van der Waals surface area contributed by atoms with Crippen molar-refractivity contribution >= 4 is 19.2 Å². The second kappa shape index (κ2) is 10.5. The third-order valence-corrected chi connectivity index (χ3v) is 8.63. The lowest BCUT2D eigenvalue weighted by molar-refractivity contribution is -0.147. The van der Waals surface area contributed by atoms with Crippen molar-refractivity contribution in [2.45, 2.75) is 69.5 Å². The molecule has 33 heavy (non-hydrogen) atoms. The van der Waals surface area contributed by atoms with Crippen molar-refractivity contribution in [3.8, 4) is 0 Å². The minimum Gasteiger partial charge on any atom is -0.463 e. The van der Waals surface area contributed by atoms with Crippen molar-refractivity contribution in [1.29, 1.82) is 0 Å². The molecule has 0 radical (unpaired) electrons. The molecule has 182 valence electrons. The van der Waals surface area contributed by atoms with Crippen molar-refractivity contribution in [1.82, 2.24) is 10.6 Å². The van der Waals surface area contributed by atoms with Crippen LogP contribution in [0.4, 0.5) is 8.78 Å². The number of carbonyl (C=O) groups excluding carboxylic acids is 2. The molecule has 10 heteroatoms. The summed E-state index contributed by atoms with van der Waals surface area (Å²) in [7, 11) is -4.28. The Morgan fingerprint density at radius 2 is 2.06 bits per heavy atom. The van der Waals surface area contributed by atoms with E-state index in [9.17, 15) is 27.8 Å². The maximum Gasteiger partial charge on any atom is 0.306 e. The molecule has 7 nitrogen and oxygen atoms in total. The molecule has 0 spiro atoms. The molecule has 3 N–H and O–H groups in total. The van der Waals surface area contributed by atoms with Gasteiger partial charge >= 0.3 is 5.97 Å². The molecule has 1 unspecified atom stereocenters. The van der Waals surface area contributed by atoms with E-state index in [1.54, 1.807) is 26.0 Å². The summed E-state index contributed by atoms with van der Waals surface area (Å²) in [5, 5.41) is 4.28. The highest BCUT2D eigenvalue weighted by atomic mass is 31.2. The summed E-state index contributed by atoms with van der Waals surface area (Å²) in [5.41, 5.74) is -0.470. The van der Waals surface area contributed by atoms with Gasteiger partial charge < -0.3 is 20.3 Å². The number of nitrogens with one attached hydrogen (secondary N) is 2. The number of carbonyl (C=O) groups is 2. The van der Waals surface area contributed by atoms with E-state index in [0.29, 0.717) is 19.4 Å². The van der Waals surface area contributed by atoms with Gasteiger partial charge in [0, 0.05) is 17.9 Å². The Kier molecular flexibility index (Phi) is 8.08. The van der Waals surface area contributed by atoms with Gasteiger partial charge in [0.2, 0.25) is 13.3 Å². The van der Waals surface area contributed by atoms with Gasteiger partial charge in [-0.05, 0) is 58.2 Å². The monoisotopic (exact) mass is 484 g/mol. The first kappa shape index (κ1) is 25.5. The van der Waals surface area contributed by atoms with Crippen LogP contribution in [0.5, 0.6) is 0 Å². The molecular weight excluding hydrogens is 453 g/mol. The zero-order chi connectivity index (χ0) is 24.2. The van der Waals surface area contributed by atoms with Crippen molar-refractivity contribution < 1.29 is 32.6 Å². The van der Waals surface area contributed by atoms with Crippen molar-refractivity contribution in [3.63, 3.8) is 0 Å². The number of esters is 1. The summed E-state index contributed by atoms with van der Waals surface area (Å²) in [6.07, 6.45) is 4.57. The topological polar surface area (TPSA) is 105 Å². The molecule has 1 aliphatic heterocycles. The fourth-order valence-corrected chi connectivity index (χ4v) is 6.55. The third-order valence-electron chi connectivity index (χ3n) is 6.01. The number of hydrogen-bond acceptors (Lipinski definition) is 5. The van der Waals surface area contributed by atoms with Crippen LogP contribution in [0.25, 0.3) is 0 Å². The van der Waals surface area contributed by atoms with Gasteiger partial charge in [0.25, 0.3) is 0 Å². The van der Waals surface area contributed by atoms with Gasteiger partial charge in [-0.25, -0.2) is 8.78 Å². The Morgan fingerprint density at radius 1 is 1.36 bits per heavy atom. The first-order valence-electron chi connectivity index (χ1n) is 11.2. The van der Waals surface area contributed by atoms with Crippen LogP contribution in [0.15, 0.2) is 30.4 Å². The maximum atomic E-state index is 14.2. The smallest absolute Gasteiger partial charge is 0.306 e. The molecular formula is C23H31F2N2O5P. The fraction of sp³-hybridized carbons (Fsp3) is 0.565. The Bertz CT molecular complexity index is 944. The van der Waals surface area contributed by atoms with Crippen molar-refractivity contribution in [2.75, 3.05) is 6.54 Å². The van der Waals surface area contributed by atoms with Crippen LogP contribution in [0.2, 0.25) is 0 Å². The Hall–Kier alpha value is -2.09. The number of ether oxygens (including phenoxy) is 1.